The molecule has 6 nitrogen and oxygen atoms in total. The molecule has 1 heterocycles. The molecular formula is C15H21Cl3N4O2. The van der Waals surface area contributed by atoms with Crippen molar-refractivity contribution in [2.24, 2.45) is 11.7 Å². The zero-order chi connectivity index (χ0) is 15.9. The maximum atomic E-state index is 12.4. The number of aromatic nitrogens is 2. The van der Waals surface area contributed by atoms with Crippen molar-refractivity contribution in [1.29, 1.82) is 0 Å². The summed E-state index contributed by atoms with van der Waals surface area (Å²) >= 11 is 5.95. The minimum atomic E-state index is -0.587. The zero-order valence-electron chi connectivity index (χ0n) is 13.1. The van der Waals surface area contributed by atoms with Crippen molar-refractivity contribution in [2.45, 2.75) is 31.5 Å². The molecule has 0 saturated heterocycles. The maximum absolute atomic E-state index is 12.4. The molecule has 0 spiro atoms. The first kappa shape index (κ1) is 21.0. The van der Waals surface area contributed by atoms with Crippen molar-refractivity contribution in [3.8, 4) is 0 Å². The van der Waals surface area contributed by atoms with E-state index >= 15 is 0 Å². The van der Waals surface area contributed by atoms with E-state index in [4.69, 9.17) is 17.3 Å². The highest BCUT2D eigenvalue weighted by Crippen LogP contribution is 2.26. The Morgan fingerprint density at radius 3 is 2.79 bits per heavy atom. The largest absolute Gasteiger partial charge is 0.391 e. The van der Waals surface area contributed by atoms with Crippen molar-refractivity contribution >= 4 is 53.4 Å². The summed E-state index contributed by atoms with van der Waals surface area (Å²) in [5.74, 6) is 0.482. The van der Waals surface area contributed by atoms with Crippen LogP contribution >= 0.6 is 36.4 Å². The lowest BCUT2D eigenvalue weighted by atomic mass is 10.1. The summed E-state index contributed by atoms with van der Waals surface area (Å²) in [7, 11) is 1.73. The van der Waals surface area contributed by atoms with Gasteiger partial charge in [0.1, 0.15) is 5.82 Å². The Hall–Kier alpha value is -1.05. The quantitative estimate of drug-likeness (QED) is 0.742. The number of aliphatic hydroxyl groups is 1. The van der Waals surface area contributed by atoms with Gasteiger partial charge in [0.15, 0.2) is 0 Å². The second-order valence-electron chi connectivity index (χ2n) is 5.94. The summed E-state index contributed by atoms with van der Waals surface area (Å²) in [6, 6.07) is 5.12. The first-order valence-corrected chi connectivity index (χ1v) is 7.64. The lowest BCUT2D eigenvalue weighted by Crippen LogP contribution is -2.32. The number of aliphatic hydroxyl groups excluding tert-OH is 1. The zero-order valence-corrected chi connectivity index (χ0v) is 15.5. The third kappa shape index (κ3) is 4.32. The van der Waals surface area contributed by atoms with Gasteiger partial charge in [-0.1, -0.05) is 11.6 Å². The number of halogens is 3. The Morgan fingerprint density at radius 2 is 2.17 bits per heavy atom. The van der Waals surface area contributed by atoms with E-state index in [1.165, 1.54) is 0 Å². The van der Waals surface area contributed by atoms with Crippen LogP contribution in [0.1, 0.15) is 18.7 Å². The van der Waals surface area contributed by atoms with Crippen LogP contribution in [0.25, 0.3) is 11.0 Å². The summed E-state index contributed by atoms with van der Waals surface area (Å²) in [4.78, 5) is 21.6. The molecule has 3 rings (SSSR count). The fourth-order valence-corrected chi connectivity index (χ4v) is 3.15. The first-order valence-electron chi connectivity index (χ1n) is 7.27. The number of benzene rings is 1. The highest BCUT2D eigenvalue weighted by atomic mass is 35.5. The monoisotopic (exact) mass is 394 g/mol. The molecule has 2 aromatic rings. The van der Waals surface area contributed by atoms with Crippen LogP contribution in [0.2, 0.25) is 5.02 Å². The average molecular weight is 396 g/mol. The number of carbonyl (C=O) groups excluding carboxylic acids is 1. The van der Waals surface area contributed by atoms with Gasteiger partial charge in [-0.15, -0.1) is 24.8 Å². The van der Waals surface area contributed by atoms with Crippen LogP contribution in [-0.4, -0.2) is 45.1 Å². The van der Waals surface area contributed by atoms with Gasteiger partial charge in [0, 0.05) is 24.0 Å². The second-order valence-corrected chi connectivity index (χ2v) is 6.38. The van der Waals surface area contributed by atoms with E-state index in [0.717, 1.165) is 11.0 Å². The summed E-state index contributed by atoms with van der Waals surface area (Å²) in [5, 5.41) is 10.3. The van der Waals surface area contributed by atoms with E-state index in [-0.39, 0.29) is 42.7 Å². The van der Waals surface area contributed by atoms with Crippen LogP contribution in [0.3, 0.4) is 0 Å². The number of nitrogens with two attached hydrogens (primary N) is 1. The van der Waals surface area contributed by atoms with Gasteiger partial charge in [0.2, 0.25) is 5.91 Å². The number of nitrogens with zero attached hydrogens (tertiary/aromatic N) is 2. The lowest BCUT2D eigenvalue weighted by Gasteiger charge is -2.19. The van der Waals surface area contributed by atoms with Gasteiger partial charge < -0.3 is 20.7 Å². The molecule has 4 N–H and O–H groups in total. The van der Waals surface area contributed by atoms with Crippen LogP contribution in [0, 0.1) is 5.92 Å². The smallest absolute Gasteiger partial charge is 0.225 e. The minimum Gasteiger partial charge on any atom is -0.391 e. The van der Waals surface area contributed by atoms with Gasteiger partial charge in [0.05, 0.1) is 23.7 Å². The molecule has 1 saturated carbocycles. The van der Waals surface area contributed by atoms with E-state index in [1.807, 2.05) is 12.1 Å². The van der Waals surface area contributed by atoms with Crippen LogP contribution in [-0.2, 0) is 11.3 Å². The van der Waals surface area contributed by atoms with E-state index in [0.29, 0.717) is 30.2 Å². The van der Waals surface area contributed by atoms with Gasteiger partial charge in [-0.2, -0.15) is 0 Å². The molecule has 134 valence electrons. The number of fused-ring (bicyclic) bond motifs is 1. The molecule has 1 amide bonds. The Labute approximate surface area is 157 Å². The Kier molecular flexibility index (Phi) is 7.31. The molecule has 3 atom stereocenters. The number of amides is 1. The number of hydrogen-bond acceptors (Lipinski definition) is 4. The SMILES string of the molecule is CN(Cc1nc2ccc(Cl)cc2[nH]1)C(=O)[C@H]1C[C@H](N)[C@@H](O)C1.Cl.Cl. The topological polar surface area (TPSA) is 95.2 Å². The van der Waals surface area contributed by atoms with E-state index in [2.05, 4.69) is 9.97 Å². The van der Waals surface area contributed by atoms with Crippen LogP contribution < -0.4 is 5.73 Å². The number of nitrogens with one attached hydrogen (secondary N) is 1. The number of hydrogen-bond donors (Lipinski definition) is 3. The Balaban J connectivity index is 0.00000144. The van der Waals surface area contributed by atoms with Crippen LogP contribution in [0.15, 0.2) is 18.2 Å². The summed E-state index contributed by atoms with van der Waals surface area (Å²) in [5.41, 5.74) is 7.44. The maximum Gasteiger partial charge on any atom is 0.225 e. The van der Waals surface area contributed by atoms with Gasteiger partial charge in [-0.3, -0.25) is 4.79 Å². The van der Waals surface area contributed by atoms with Gasteiger partial charge in [-0.25, -0.2) is 4.98 Å². The predicted molar refractivity (Wildman–Crippen MR) is 98.8 cm³/mol. The first-order chi connectivity index (χ1) is 10.4. The fraction of sp³-hybridized carbons (Fsp3) is 0.467. The molecule has 9 heteroatoms. The molecular weight excluding hydrogens is 375 g/mol. The average Bonchev–Trinajstić information content (AvgIpc) is 3.01. The Morgan fingerprint density at radius 1 is 1.46 bits per heavy atom. The van der Waals surface area contributed by atoms with Crippen molar-refractivity contribution < 1.29 is 9.90 Å². The lowest BCUT2D eigenvalue weighted by molar-refractivity contribution is -0.134. The summed E-state index contributed by atoms with van der Waals surface area (Å²) in [6.45, 7) is 0.382. The van der Waals surface area contributed by atoms with Crippen molar-refractivity contribution in [1.82, 2.24) is 14.9 Å². The molecule has 24 heavy (non-hydrogen) atoms. The highest BCUT2D eigenvalue weighted by molar-refractivity contribution is 6.31. The van der Waals surface area contributed by atoms with E-state index in [9.17, 15) is 9.90 Å². The third-order valence-electron chi connectivity index (χ3n) is 4.18. The molecule has 1 aromatic heterocycles. The molecule has 0 aliphatic heterocycles. The molecule has 1 aliphatic carbocycles. The molecule has 0 radical (unpaired) electrons. The summed E-state index contributed by atoms with van der Waals surface area (Å²) in [6.07, 6.45) is 0.371. The molecule has 0 bridgehead atoms. The van der Waals surface area contributed by atoms with Crippen LogP contribution in [0.5, 0.6) is 0 Å². The highest BCUT2D eigenvalue weighted by Gasteiger charge is 2.36. The Bertz CT molecular complexity index is 699. The minimum absolute atomic E-state index is 0. The van der Waals surface area contributed by atoms with Crippen LogP contribution in [0.4, 0.5) is 0 Å². The predicted octanol–water partition coefficient (Wildman–Crippen LogP) is 2.12. The van der Waals surface area contributed by atoms with Crippen molar-refractivity contribution in [3.05, 3.63) is 29.0 Å². The van der Waals surface area contributed by atoms with Gasteiger partial charge >= 0.3 is 0 Å². The third-order valence-corrected chi connectivity index (χ3v) is 4.42. The molecule has 1 aliphatic rings. The standard InChI is InChI=1S/C15H19ClN4O2.2ClH/c1-20(15(22)8-4-10(17)13(21)5-8)7-14-18-11-3-2-9(16)6-12(11)19-14;;/h2-3,6,8,10,13,21H,4-5,7,17H2,1H3,(H,18,19);2*1H/t8-,10-,13-;;/m0../s1. The van der Waals surface area contributed by atoms with Gasteiger partial charge in [0.25, 0.3) is 0 Å². The number of imidazole rings is 1. The molecule has 1 fully saturated rings. The van der Waals surface area contributed by atoms with E-state index < -0.39 is 6.10 Å². The van der Waals surface area contributed by atoms with Crippen molar-refractivity contribution in [3.63, 3.8) is 0 Å². The summed E-state index contributed by atoms with van der Waals surface area (Å²) < 4.78 is 0. The number of H-pyrrole nitrogens is 1. The number of carbonyl (C=O) groups is 1. The molecule has 0 unspecified atom stereocenters. The number of rotatable bonds is 3. The second kappa shape index (κ2) is 8.36. The number of aromatic amines is 1. The normalized spacial score (nSPS) is 22.8. The fourth-order valence-electron chi connectivity index (χ4n) is 2.97. The van der Waals surface area contributed by atoms with Gasteiger partial charge in [-0.05, 0) is 31.0 Å². The van der Waals surface area contributed by atoms with Crippen molar-refractivity contribution in [2.75, 3.05) is 7.05 Å². The van der Waals surface area contributed by atoms with E-state index in [1.54, 1.807) is 18.0 Å². The molecule has 1 aromatic carbocycles.